The molecule has 0 aromatic heterocycles. The average molecular weight is 443 g/mol. The van der Waals surface area contributed by atoms with Gasteiger partial charge in [-0.2, -0.15) is 0 Å². The third-order valence-corrected chi connectivity index (χ3v) is 7.02. The molecular weight excluding hydrogens is 428 g/mol. The average Bonchev–Trinajstić information content (AvgIpc) is 3.07. The molecule has 2 aliphatic heterocycles. The Bertz CT molecular complexity index is 972. The lowest BCUT2D eigenvalue weighted by Crippen LogP contribution is -2.38. The van der Waals surface area contributed by atoms with E-state index in [0.29, 0.717) is 19.8 Å². The molecule has 6 nitrogen and oxygen atoms in total. The van der Waals surface area contributed by atoms with Crippen molar-refractivity contribution in [3.63, 3.8) is 0 Å². The molecule has 2 aliphatic rings. The maximum atomic E-state index is 12.6. The Kier molecular flexibility index (Phi) is 6.05. The zero-order chi connectivity index (χ0) is 19.6. The summed E-state index contributed by atoms with van der Waals surface area (Å²) in [6.45, 7) is 0.125. The number of hydrogen-bond donors (Lipinski definition) is 1. The lowest BCUT2D eigenvalue weighted by molar-refractivity contribution is -0.124. The Balaban J connectivity index is 1.59. The predicted octanol–water partition coefficient (Wildman–Crippen LogP) is 2.36. The number of nitrogens with zero attached hydrogens (tertiary/aromatic N) is 1. The number of amides is 2. The summed E-state index contributed by atoms with van der Waals surface area (Å²) in [5, 5.41) is 4.25. The minimum Gasteiger partial charge on any atom is -0.349 e. The van der Waals surface area contributed by atoms with Crippen LogP contribution in [0.15, 0.2) is 40.7 Å². The van der Waals surface area contributed by atoms with Crippen molar-refractivity contribution in [2.45, 2.75) is 12.5 Å². The number of carbonyl (C=O) groups excluding carboxylic acids is 2. The molecule has 10 heteroatoms. The summed E-state index contributed by atoms with van der Waals surface area (Å²) < 4.78 is 23.1. The van der Waals surface area contributed by atoms with E-state index in [1.54, 1.807) is 24.3 Å². The first-order valence-electron chi connectivity index (χ1n) is 7.95. The van der Waals surface area contributed by atoms with Crippen LogP contribution in [-0.4, -0.2) is 47.8 Å². The van der Waals surface area contributed by atoms with Crippen molar-refractivity contribution in [3.05, 3.63) is 51.2 Å². The summed E-state index contributed by atoms with van der Waals surface area (Å²) in [7, 11) is -3.23. The van der Waals surface area contributed by atoms with Crippen molar-refractivity contribution in [1.29, 1.82) is 0 Å². The smallest absolute Gasteiger partial charge is 0.266 e. The van der Waals surface area contributed by atoms with Crippen LogP contribution in [0, 0.1) is 0 Å². The van der Waals surface area contributed by atoms with E-state index in [-0.39, 0.29) is 30.5 Å². The molecule has 0 spiro atoms. The van der Waals surface area contributed by atoms with Gasteiger partial charge in [0, 0.05) is 23.4 Å². The van der Waals surface area contributed by atoms with Gasteiger partial charge in [0.25, 0.3) is 5.91 Å². The minimum atomic E-state index is -3.23. The fraction of sp³-hybridized carbons (Fsp3) is 0.235. The van der Waals surface area contributed by atoms with Gasteiger partial charge in [-0.1, -0.05) is 53.8 Å². The van der Waals surface area contributed by atoms with E-state index in [1.807, 2.05) is 6.07 Å². The van der Waals surface area contributed by atoms with E-state index >= 15 is 0 Å². The highest BCUT2D eigenvalue weighted by molar-refractivity contribution is 8.26. The molecule has 1 atom stereocenters. The molecule has 27 heavy (non-hydrogen) atoms. The highest BCUT2D eigenvalue weighted by atomic mass is 35.5. The number of thiocarbonyl (C=S) groups is 1. The highest BCUT2D eigenvalue weighted by Gasteiger charge is 2.32. The zero-order valence-electron chi connectivity index (χ0n) is 13.9. The number of hydrogen-bond acceptors (Lipinski definition) is 6. The van der Waals surface area contributed by atoms with E-state index < -0.39 is 15.9 Å². The lowest BCUT2D eigenvalue weighted by Gasteiger charge is -2.15. The van der Waals surface area contributed by atoms with Gasteiger partial charge in [-0.25, -0.2) is 8.42 Å². The van der Waals surface area contributed by atoms with Crippen LogP contribution in [0.3, 0.4) is 0 Å². The molecule has 3 rings (SSSR count). The summed E-state index contributed by atoms with van der Waals surface area (Å²) in [5.41, 5.74) is 0.714. The Morgan fingerprint density at radius 1 is 1.41 bits per heavy atom. The van der Waals surface area contributed by atoms with Crippen molar-refractivity contribution in [2.75, 3.05) is 12.3 Å². The van der Waals surface area contributed by atoms with Gasteiger partial charge in [0.05, 0.1) is 16.7 Å². The van der Waals surface area contributed by atoms with Gasteiger partial charge < -0.3 is 5.32 Å². The summed E-state index contributed by atoms with van der Waals surface area (Å²) in [6, 6.07) is 6.62. The fourth-order valence-corrected chi connectivity index (χ4v) is 5.31. The molecule has 142 valence electrons. The van der Waals surface area contributed by atoms with Crippen LogP contribution in [0.4, 0.5) is 0 Å². The quantitative estimate of drug-likeness (QED) is 0.556. The summed E-state index contributed by atoms with van der Waals surface area (Å²) in [6.07, 6.45) is 3.14. The summed E-state index contributed by atoms with van der Waals surface area (Å²) in [5.74, 6) is -0.757. The van der Waals surface area contributed by atoms with Crippen molar-refractivity contribution >= 4 is 67.6 Å². The first-order chi connectivity index (χ1) is 12.7. The molecule has 1 fully saturated rings. The molecule has 1 unspecified atom stereocenters. The molecule has 1 N–H and O–H groups in total. The second-order valence-corrected chi connectivity index (χ2v) is 9.95. The number of rotatable bonds is 5. The number of thioether (sulfide) groups is 1. The van der Waals surface area contributed by atoms with Crippen LogP contribution >= 0.6 is 35.6 Å². The molecule has 2 amide bonds. The minimum absolute atomic E-state index is 0.0240. The van der Waals surface area contributed by atoms with Gasteiger partial charge in [0.2, 0.25) is 5.91 Å². The van der Waals surface area contributed by atoms with Gasteiger partial charge in [-0.15, -0.1) is 0 Å². The van der Waals surface area contributed by atoms with Gasteiger partial charge in [-0.3, -0.25) is 14.5 Å². The van der Waals surface area contributed by atoms with Crippen LogP contribution < -0.4 is 5.32 Å². The Labute approximate surface area is 171 Å². The standard InChI is InChI=1S/C17H15ClN2O4S3/c18-13-4-2-1-3-11(13)9-14-16(22)20(17(25)26-14)7-5-15(21)19-12-6-8-27(23,24)10-12/h1-4,6,8-9,12H,5,7,10H2,(H,19,21). The monoisotopic (exact) mass is 442 g/mol. The fourth-order valence-electron chi connectivity index (χ4n) is 2.58. The number of halogens is 1. The molecular formula is C17H15ClN2O4S3. The topological polar surface area (TPSA) is 83.6 Å². The van der Waals surface area contributed by atoms with Crippen molar-refractivity contribution in [3.8, 4) is 0 Å². The van der Waals surface area contributed by atoms with E-state index in [0.717, 1.165) is 17.2 Å². The van der Waals surface area contributed by atoms with Gasteiger partial charge in [0.1, 0.15) is 4.32 Å². The number of nitrogens with one attached hydrogen (secondary N) is 1. The zero-order valence-corrected chi connectivity index (χ0v) is 17.1. The third kappa shape index (κ3) is 4.98. The van der Waals surface area contributed by atoms with Crippen LogP contribution in [0.2, 0.25) is 5.02 Å². The number of carbonyl (C=O) groups is 2. The molecule has 1 saturated heterocycles. The summed E-state index contributed by atoms with van der Waals surface area (Å²) >= 11 is 12.5. The van der Waals surface area contributed by atoms with Crippen molar-refractivity contribution < 1.29 is 18.0 Å². The van der Waals surface area contributed by atoms with E-state index in [9.17, 15) is 18.0 Å². The number of sulfone groups is 1. The van der Waals surface area contributed by atoms with Gasteiger partial charge in [0.15, 0.2) is 9.84 Å². The van der Waals surface area contributed by atoms with Crippen LogP contribution in [0.25, 0.3) is 6.08 Å². The van der Waals surface area contributed by atoms with Crippen molar-refractivity contribution in [2.24, 2.45) is 0 Å². The number of benzene rings is 1. The second kappa shape index (κ2) is 8.14. The third-order valence-electron chi connectivity index (χ3n) is 3.90. The van der Waals surface area contributed by atoms with E-state index in [1.165, 1.54) is 11.0 Å². The molecule has 1 aromatic rings. The molecule has 0 aliphatic carbocycles. The largest absolute Gasteiger partial charge is 0.349 e. The molecule has 2 heterocycles. The lowest BCUT2D eigenvalue weighted by atomic mass is 10.2. The van der Waals surface area contributed by atoms with Crippen LogP contribution in [-0.2, 0) is 19.4 Å². The van der Waals surface area contributed by atoms with E-state index in [4.69, 9.17) is 23.8 Å². The highest BCUT2D eigenvalue weighted by Crippen LogP contribution is 2.33. The SMILES string of the molecule is O=C(CCN1C(=O)C(=Cc2ccccc2Cl)SC1=S)NC1C=CS(=O)(=O)C1. The molecule has 0 radical (unpaired) electrons. The van der Waals surface area contributed by atoms with Crippen molar-refractivity contribution in [1.82, 2.24) is 10.2 Å². The maximum Gasteiger partial charge on any atom is 0.266 e. The van der Waals surface area contributed by atoms with Crippen LogP contribution in [0.5, 0.6) is 0 Å². The maximum absolute atomic E-state index is 12.6. The normalized spacial score (nSPS) is 22.6. The molecule has 1 aromatic carbocycles. The van der Waals surface area contributed by atoms with Gasteiger partial charge in [-0.05, 0) is 23.8 Å². The first-order valence-corrected chi connectivity index (χ1v) is 11.3. The Hall–Kier alpha value is -1.68. The van der Waals surface area contributed by atoms with E-state index in [2.05, 4.69) is 5.32 Å². The molecule has 0 bridgehead atoms. The van der Waals surface area contributed by atoms with Crippen LogP contribution in [0.1, 0.15) is 12.0 Å². The summed E-state index contributed by atoms with van der Waals surface area (Å²) in [4.78, 5) is 26.4. The second-order valence-electron chi connectivity index (χ2n) is 5.94. The Morgan fingerprint density at radius 3 is 2.81 bits per heavy atom. The van der Waals surface area contributed by atoms with Gasteiger partial charge >= 0.3 is 0 Å². The molecule has 0 saturated carbocycles. The first kappa shape index (κ1) is 20.1. The predicted molar refractivity (Wildman–Crippen MR) is 111 cm³/mol. The Morgan fingerprint density at radius 2 is 2.15 bits per heavy atom.